The Morgan fingerprint density at radius 3 is 2.80 bits per heavy atom. The van der Waals surface area contributed by atoms with Gasteiger partial charge in [0.25, 0.3) is 0 Å². The summed E-state index contributed by atoms with van der Waals surface area (Å²) in [5.41, 5.74) is 1.70. The molecule has 2 aromatic heterocycles. The van der Waals surface area contributed by atoms with E-state index in [9.17, 15) is 4.79 Å². The zero-order valence-electron chi connectivity index (χ0n) is 11.6. The van der Waals surface area contributed by atoms with Crippen molar-refractivity contribution in [3.63, 3.8) is 0 Å². The fourth-order valence-electron chi connectivity index (χ4n) is 1.47. The van der Waals surface area contributed by atoms with Crippen molar-refractivity contribution in [3.8, 4) is 0 Å². The monoisotopic (exact) mass is 292 g/mol. The zero-order chi connectivity index (χ0) is 14.8. The maximum atomic E-state index is 10.5. The SMILES string of the molecule is CC(C)(C)c1csc(C=Cc2cn(CC(=O)O)nn2)n1. The van der Waals surface area contributed by atoms with Gasteiger partial charge in [-0.25, -0.2) is 9.67 Å². The summed E-state index contributed by atoms with van der Waals surface area (Å²) in [7, 11) is 0. The molecule has 0 radical (unpaired) electrons. The van der Waals surface area contributed by atoms with Crippen LogP contribution in [0.5, 0.6) is 0 Å². The predicted molar refractivity (Wildman–Crippen MR) is 77.4 cm³/mol. The predicted octanol–water partition coefficient (Wildman–Crippen LogP) is 2.29. The largest absolute Gasteiger partial charge is 0.480 e. The molecule has 2 aromatic rings. The number of nitrogens with zero attached hydrogens (tertiary/aromatic N) is 4. The standard InChI is InChI=1S/C13H16N4O2S/c1-13(2,3)10-8-20-11(14-10)5-4-9-6-17(16-15-9)7-12(18)19/h4-6,8H,7H2,1-3H3,(H,18,19). The first kappa shape index (κ1) is 14.4. The van der Waals surface area contributed by atoms with Gasteiger partial charge in [-0.05, 0) is 12.2 Å². The van der Waals surface area contributed by atoms with E-state index in [0.29, 0.717) is 5.69 Å². The fraction of sp³-hybridized carbons (Fsp3) is 0.385. The number of thiazole rings is 1. The van der Waals surface area contributed by atoms with Crippen LogP contribution in [-0.4, -0.2) is 31.1 Å². The summed E-state index contributed by atoms with van der Waals surface area (Å²) in [4.78, 5) is 15.1. The molecule has 0 unspecified atom stereocenters. The maximum absolute atomic E-state index is 10.5. The minimum Gasteiger partial charge on any atom is -0.480 e. The molecule has 0 saturated carbocycles. The van der Waals surface area contributed by atoms with Crippen molar-refractivity contribution in [3.05, 3.63) is 28.0 Å². The molecule has 106 valence electrons. The lowest BCUT2D eigenvalue weighted by atomic mass is 9.93. The first-order valence-electron chi connectivity index (χ1n) is 6.10. The van der Waals surface area contributed by atoms with Crippen LogP contribution in [0.4, 0.5) is 0 Å². The van der Waals surface area contributed by atoms with Crippen LogP contribution in [0.25, 0.3) is 12.2 Å². The molecule has 0 saturated heterocycles. The molecule has 2 heterocycles. The molecule has 0 aromatic carbocycles. The molecule has 7 heteroatoms. The topological polar surface area (TPSA) is 80.9 Å². The summed E-state index contributed by atoms with van der Waals surface area (Å²) in [6, 6.07) is 0. The number of aliphatic carboxylic acids is 1. The van der Waals surface area contributed by atoms with Crippen LogP contribution in [-0.2, 0) is 16.8 Å². The van der Waals surface area contributed by atoms with Crippen LogP contribution in [0.2, 0.25) is 0 Å². The van der Waals surface area contributed by atoms with Crippen molar-refractivity contribution in [2.24, 2.45) is 0 Å². The molecule has 0 aliphatic heterocycles. The first-order chi connectivity index (χ1) is 9.34. The number of hydrogen-bond donors (Lipinski definition) is 1. The highest BCUT2D eigenvalue weighted by atomic mass is 32.1. The zero-order valence-corrected chi connectivity index (χ0v) is 12.4. The maximum Gasteiger partial charge on any atom is 0.325 e. The molecule has 20 heavy (non-hydrogen) atoms. The van der Waals surface area contributed by atoms with Crippen LogP contribution < -0.4 is 0 Å². The molecule has 0 atom stereocenters. The summed E-state index contributed by atoms with van der Waals surface area (Å²) in [5.74, 6) is -0.944. The number of aromatic nitrogens is 4. The summed E-state index contributed by atoms with van der Waals surface area (Å²) >= 11 is 1.57. The Hall–Kier alpha value is -2.02. The average molecular weight is 292 g/mol. The van der Waals surface area contributed by atoms with Crippen LogP contribution in [0.15, 0.2) is 11.6 Å². The third kappa shape index (κ3) is 3.74. The lowest BCUT2D eigenvalue weighted by Gasteiger charge is -2.13. The Balaban J connectivity index is 2.07. The third-order valence-electron chi connectivity index (χ3n) is 2.54. The first-order valence-corrected chi connectivity index (χ1v) is 6.98. The number of carboxylic acid groups (broad SMARTS) is 1. The van der Waals surface area contributed by atoms with Crippen molar-refractivity contribution >= 4 is 29.5 Å². The highest BCUT2D eigenvalue weighted by Crippen LogP contribution is 2.24. The van der Waals surface area contributed by atoms with E-state index >= 15 is 0 Å². The molecule has 0 fully saturated rings. The van der Waals surface area contributed by atoms with Gasteiger partial charge in [0, 0.05) is 10.8 Å². The number of rotatable bonds is 4. The van der Waals surface area contributed by atoms with Crippen molar-refractivity contribution in [2.75, 3.05) is 0 Å². The van der Waals surface area contributed by atoms with Crippen LogP contribution >= 0.6 is 11.3 Å². The summed E-state index contributed by atoms with van der Waals surface area (Å²) in [5, 5.41) is 19.2. The normalized spacial score (nSPS) is 12.2. The van der Waals surface area contributed by atoms with E-state index in [4.69, 9.17) is 5.11 Å². The van der Waals surface area contributed by atoms with E-state index in [1.165, 1.54) is 4.68 Å². The third-order valence-corrected chi connectivity index (χ3v) is 3.35. The van der Waals surface area contributed by atoms with Crippen LogP contribution in [0.3, 0.4) is 0 Å². The van der Waals surface area contributed by atoms with Gasteiger partial charge < -0.3 is 5.11 Å². The van der Waals surface area contributed by atoms with Gasteiger partial charge in [-0.2, -0.15) is 0 Å². The van der Waals surface area contributed by atoms with Gasteiger partial charge in [0.15, 0.2) is 0 Å². The lowest BCUT2D eigenvalue weighted by Crippen LogP contribution is -2.11. The molecule has 0 amide bonds. The Labute approximate surface area is 120 Å². The molecule has 0 aliphatic carbocycles. The van der Waals surface area contributed by atoms with E-state index < -0.39 is 5.97 Å². The highest BCUT2D eigenvalue weighted by molar-refractivity contribution is 7.10. The number of hydrogen-bond acceptors (Lipinski definition) is 5. The van der Waals surface area contributed by atoms with Crippen molar-refractivity contribution in [1.82, 2.24) is 20.0 Å². The highest BCUT2D eigenvalue weighted by Gasteiger charge is 2.16. The second kappa shape index (κ2) is 5.54. The van der Waals surface area contributed by atoms with Crippen molar-refractivity contribution in [2.45, 2.75) is 32.7 Å². The van der Waals surface area contributed by atoms with Gasteiger partial charge in [-0.15, -0.1) is 16.4 Å². The number of carboxylic acids is 1. The minimum atomic E-state index is -0.944. The van der Waals surface area contributed by atoms with Gasteiger partial charge in [0.1, 0.15) is 17.2 Å². The Bertz CT molecular complexity index is 637. The molecule has 1 N–H and O–H groups in total. The van der Waals surface area contributed by atoms with Gasteiger partial charge >= 0.3 is 5.97 Å². The molecule has 0 aliphatic rings. The van der Waals surface area contributed by atoms with E-state index in [0.717, 1.165) is 10.7 Å². The lowest BCUT2D eigenvalue weighted by molar-refractivity contribution is -0.137. The average Bonchev–Trinajstić information content (AvgIpc) is 2.93. The van der Waals surface area contributed by atoms with Crippen LogP contribution in [0, 0.1) is 0 Å². The molecular weight excluding hydrogens is 276 g/mol. The second-order valence-corrected chi connectivity index (χ2v) is 6.28. The Kier molecular flexibility index (Phi) is 3.99. The summed E-state index contributed by atoms with van der Waals surface area (Å²) in [6.45, 7) is 6.17. The van der Waals surface area contributed by atoms with E-state index in [2.05, 4.69) is 36.1 Å². The second-order valence-electron chi connectivity index (χ2n) is 5.39. The quantitative estimate of drug-likeness (QED) is 0.935. The van der Waals surface area contributed by atoms with E-state index in [1.807, 2.05) is 11.5 Å². The Morgan fingerprint density at radius 1 is 1.45 bits per heavy atom. The summed E-state index contributed by atoms with van der Waals surface area (Å²) in [6.07, 6.45) is 5.22. The van der Waals surface area contributed by atoms with Crippen molar-refractivity contribution in [1.29, 1.82) is 0 Å². The molecule has 2 rings (SSSR count). The fourth-order valence-corrected chi connectivity index (χ4v) is 2.41. The van der Waals surface area contributed by atoms with Gasteiger partial charge in [-0.3, -0.25) is 4.79 Å². The Morgan fingerprint density at radius 2 is 2.20 bits per heavy atom. The molecule has 0 bridgehead atoms. The molecular formula is C13H16N4O2S. The van der Waals surface area contributed by atoms with Gasteiger partial charge in [-0.1, -0.05) is 26.0 Å². The molecule has 6 nitrogen and oxygen atoms in total. The van der Waals surface area contributed by atoms with Crippen LogP contribution in [0.1, 0.15) is 37.2 Å². The summed E-state index contributed by atoms with van der Waals surface area (Å²) < 4.78 is 1.28. The van der Waals surface area contributed by atoms with Crippen molar-refractivity contribution < 1.29 is 9.90 Å². The smallest absolute Gasteiger partial charge is 0.325 e. The van der Waals surface area contributed by atoms with E-state index in [1.54, 1.807) is 23.6 Å². The number of carbonyl (C=O) groups is 1. The van der Waals surface area contributed by atoms with Gasteiger partial charge in [0.05, 0.1) is 11.9 Å². The van der Waals surface area contributed by atoms with Gasteiger partial charge in [0.2, 0.25) is 0 Å². The minimum absolute atomic E-state index is 0.0349. The van der Waals surface area contributed by atoms with E-state index in [-0.39, 0.29) is 12.0 Å². The molecule has 0 spiro atoms.